The number of nitrogens with one attached hydrogen (secondary N) is 1. The van der Waals surface area contributed by atoms with Crippen molar-refractivity contribution in [1.29, 1.82) is 0 Å². The number of hydrogen-bond acceptors (Lipinski definition) is 1. The van der Waals surface area contributed by atoms with Crippen LogP contribution in [0.15, 0.2) is 0 Å². The minimum atomic E-state index is 0.583. The Hall–Kier alpha value is -0.0400. The van der Waals surface area contributed by atoms with Gasteiger partial charge in [0.1, 0.15) is 0 Å². The Labute approximate surface area is 108 Å². The Kier molecular flexibility index (Phi) is 4.18. The summed E-state index contributed by atoms with van der Waals surface area (Å²) in [6.07, 6.45) is 10.1. The van der Waals surface area contributed by atoms with Crippen molar-refractivity contribution < 1.29 is 0 Å². The summed E-state index contributed by atoms with van der Waals surface area (Å²) in [7, 11) is 2.19. The van der Waals surface area contributed by atoms with E-state index in [1.54, 1.807) is 0 Å². The second-order valence-electron chi connectivity index (χ2n) is 7.16. The van der Waals surface area contributed by atoms with Crippen LogP contribution in [0.4, 0.5) is 0 Å². The summed E-state index contributed by atoms with van der Waals surface area (Å²) >= 11 is 0. The lowest BCUT2D eigenvalue weighted by molar-refractivity contribution is 0.0999. The minimum Gasteiger partial charge on any atom is -0.316 e. The largest absolute Gasteiger partial charge is 0.316 e. The summed E-state index contributed by atoms with van der Waals surface area (Å²) in [6, 6.07) is 0.764. The van der Waals surface area contributed by atoms with Gasteiger partial charge in [-0.3, -0.25) is 0 Å². The van der Waals surface area contributed by atoms with E-state index in [0.717, 1.165) is 23.8 Å². The van der Waals surface area contributed by atoms with Crippen LogP contribution in [0.25, 0.3) is 0 Å². The summed E-state index contributed by atoms with van der Waals surface area (Å²) in [5.74, 6) is 2.80. The SMILES string of the molecule is CNC(C1CCC(C)C(C)C1)C1(C)CCCC1. The van der Waals surface area contributed by atoms with Gasteiger partial charge in [0.15, 0.2) is 0 Å². The van der Waals surface area contributed by atoms with E-state index in [0.29, 0.717) is 5.41 Å². The van der Waals surface area contributed by atoms with Crippen LogP contribution in [0.5, 0.6) is 0 Å². The Morgan fingerprint density at radius 1 is 1.06 bits per heavy atom. The Balaban J connectivity index is 2.03. The molecule has 2 aliphatic rings. The van der Waals surface area contributed by atoms with Gasteiger partial charge in [0, 0.05) is 6.04 Å². The zero-order valence-electron chi connectivity index (χ0n) is 12.3. The molecule has 0 aromatic carbocycles. The molecule has 0 amide bonds. The standard InChI is InChI=1S/C16H31N/c1-12-7-8-14(11-13(12)2)15(17-4)16(3)9-5-6-10-16/h12-15,17H,5-11H2,1-4H3. The van der Waals surface area contributed by atoms with E-state index >= 15 is 0 Å². The highest BCUT2D eigenvalue weighted by Crippen LogP contribution is 2.46. The highest BCUT2D eigenvalue weighted by atomic mass is 14.9. The molecule has 100 valence electrons. The predicted octanol–water partition coefficient (Wildman–Crippen LogP) is 4.23. The second kappa shape index (κ2) is 5.30. The third kappa shape index (κ3) is 2.70. The molecule has 0 heterocycles. The summed E-state index contributed by atoms with van der Waals surface area (Å²) in [5, 5.41) is 3.69. The van der Waals surface area contributed by atoms with Crippen molar-refractivity contribution in [1.82, 2.24) is 5.32 Å². The molecule has 0 aromatic heterocycles. The van der Waals surface area contributed by atoms with Gasteiger partial charge in [0.25, 0.3) is 0 Å². The van der Waals surface area contributed by atoms with Gasteiger partial charge < -0.3 is 5.32 Å². The average Bonchev–Trinajstić information content (AvgIpc) is 2.72. The fraction of sp³-hybridized carbons (Fsp3) is 1.00. The first-order chi connectivity index (χ1) is 8.07. The Morgan fingerprint density at radius 3 is 2.24 bits per heavy atom. The molecule has 2 rings (SSSR count). The topological polar surface area (TPSA) is 12.0 Å². The maximum Gasteiger partial charge on any atom is 0.0146 e. The molecule has 1 N–H and O–H groups in total. The van der Waals surface area contributed by atoms with E-state index in [-0.39, 0.29) is 0 Å². The van der Waals surface area contributed by atoms with Crippen molar-refractivity contribution in [3.63, 3.8) is 0 Å². The van der Waals surface area contributed by atoms with Crippen LogP contribution in [-0.2, 0) is 0 Å². The molecule has 0 saturated heterocycles. The molecule has 0 radical (unpaired) electrons. The second-order valence-corrected chi connectivity index (χ2v) is 7.16. The normalized spacial score (nSPS) is 39.2. The summed E-state index contributed by atoms with van der Waals surface area (Å²) in [5.41, 5.74) is 0.583. The van der Waals surface area contributed by atoms with Crippen molar-refractivity contribution in [3.8, 4) is 0 Å². The summed E-state index contributed by atoms with van der Waals surface area (Å²) < 4.78 is 0. The summed E-state index contributed by atoms with van der Waals surface area (Å²) in [6.45, 7) is 7.43. The van der Waals surface area contributed by atoms with Gasteiger partial charge in [-0.1, -0.05) is 40.0 Å². The van der Waals surface area contributed by atoms with Gasteiger partial charge in [0.2, 0.25) is 0 Å². The fourth-order valence-corrected chi connectivity index (χ4v) is 4.54. The number of hydrogen-bond donors (Lipinski definition) is 1. The number of rotatable bonds is 3. The minimum absolute atomic E-state index is 0.583. The van der Waals surface area contributed by atoms with Crippen molar-refractivity contribution in [2.24, 2.45) is 23.2 Å². The predicted molar refractivity (Wildman–Crippen MR) is 75.1 cm³/mol. The lowest BCUT2D eigenvalue weighted by Gasteiger charge is -2.44. The molecule has 2 aliphatic carbocycles. The van der Waals surface area contributed by atoms with Gasteiger partial charge in [0.05, 0.1) is 0 Å². The van der Waals surface area contributed by atoms with Crippen LogP contribution in [-0.4, -0.2) is 13.1 Å². The smallest absolute Gasteiger partial charge is 0.0146 e. The molecule has 0 aromatic rings. The lowest BCUT2D eigenvalue weighted by atomic mass is 9.66. The van der Waals surface area contributed by atoms with Crippen molar-refractivity contribution in [3.05, 3.63) is 0 Å². The first-order valence-corrected chi connectivity index (χ1v) is 7.74. The molecule has 0 aliphatic heterocycles. The average molecular weight is 237 g/mol. The van der Waals surface area contributed by atoms with Crippen LogP contribution in [0, 0.1) is 23.2 Å². The summed E-state index contributed by atoms with van der Waals surface area (Å²) in [4.78, 5) is 0. The molecule has 4 unspecified atom stereocenters. The van der Waals surface area contributed by atoms with Crippen LogP contribution in [0.3, 0.4) is 0 Å². The molecule has 0 spiro atoms. The third-order valence-electron chi connectivity index (χ3n) is 5.92. The first-order valence-electron chi connectivity index (χ1n) is 7.74. The van der Waals surface area contributed by atoms with E-state index in [1.807, 2.05) is 0 Å². The lowest BCUT2D eigenvalue weighted by Crippen LogP contribution is -2.47. The highest BCUT2D eigenvalue weighted by Gasteiger charge is 2.41. The van der Waals surface area contributed by atoms with Crippen LogP contribution >= 0.6 is 0 Å². The zero-order chi connectivity index (χ0) is 12.5. The Bertz CT molecular complexity index is 242. The molecule has 0 bridgehead atoms. The molecule has 1 heteroatoms. The van der Waals surface area contributed by atoms with Gasteiger partial charge in [-0.15, -0.1) is 0 Å². The van der Waals surface area contributed by atoms with Crippen LogP contribution < -0.4 is 5.32 Å². The zero-order valence-corrected chi connectivity index (χ0v) is 12.3. The van der Waals surface area contributed by atoms with Gasteiger partial charge in [-0.2, -0.15) is 0 Å². The first kappa shape index (κ1) is 13.4. The van der Waals surface area contributed by atoms with Gasteiger partial charge in [-0.25, -0.2) is 0 Å². The van der Waals surface area contributed by atoms with Crippen LogP contribution in [0.1, 0.15) is 65.7 Å². The van der Waals surface area contributed by atoms with Crippen molar-refractivity contribution in [2.75, 3.05) is 7.05 Å². The van der Waals surface area contributed by atoms with Crippen LogP contribution in [0.2, 0.25) is 0 Å². The molecular weight excluding hydrogens is 206 g/mol. The van der Waals surface area contributed by atoms with E-state index in [4.69, 9.17) is 0 Å². The van der Waals surface area contributed by atoms with E-state index in [9.17, 15) is 0 Å². The molecule has 4 atom stereocenters. The molecule has 17 heavy (non-hydrogen) atoms. The molecule has 2 fully saturated rings. The van der Waals surface area contributed by atoms with Crippen molar-refractivity contribution in [2.45, 2.75) is 71.8 Å². The van der Waals surface area contributed by atoms with E-state index in [2.05, 4.69) is 33.1 Å². The monoisotopic (exact) mass is 237 g/mol. The highest BCUT2D eigenvalue weighted by molar-refractivity contribution is 4.96. The molecule has 2 saturated carbocycles. The Morgan fingerprint density at radius 2 is 1.71 bits per heavy atom. The molecular formula is C16H31N. The van der Waals surface area contributed by atoms with Gasteiger partial charge in [-0.05, 0) is 55.9 Å². The van der Waals surface area contributed by atoms with E-state index < -0.39 is 0 Å². The maximum absolute atomic E-state index is 3.69. The molecule has 1 nitrogen and oxygen atoms in total. The van der Waals surface area contributed by atoms with Gasteiger partial charge >= 0.3 is 0 Å². The fourth-order valence-electron chi connectivity index (χ4n) is 4.54. The van der Waals surface area contributed by atoms with E-state index in [1.165, 1.54) is 44.9 Å². The third-order valence-corrected chi connectivity index (χ3v) is 5.92. The van der Waals surface area contributed by atoms with Crippen molar-refractivity contribution >= 4 is 0 Å². The maximum atomic E-state index is 3.69. The quantitative estimate of drug-likeness (QED) is 0.774.